The molecular weight excluding hydrogens is 483 g/mol. The monoisotopic (exact) mass is 486 g/mol. The molecule has 1 N–H and O–H groups in total. The molecule has 2 heterocycles. The third-order valence-corrected chi connectivity index (χ3v) is 4.85. The highest BCUT2D eigenvalue weighted by molar-refractivity contribution is 14.1. The highest BCUT2D eigenvalue weighted by Crippen LogP contribution is 2.32. The molecule has 0 saturated heterocycles. The topological polar surface area (TPSA) is 42.0 Å². The van der Waals surface area contributed by atoms with E-state index in [2.05, 4.69) is 64.8 Å². The maximum Gasteiger partial charge on any atom is 0.258 e. The lowest BCUT2D eigenvalue weighted by atomic mass is 10.3. The number of nitrogens with one attached hydrogen (secondary N) is 1. The van der Waals surface area contributed by atoms with Crippen LogP contribution in [0.3, 0.4) is 0 Å². The van der Waals surface area contributed by atoms with E-state index in [1.807, 2.05) is 6.07 Å². The molecule has 0 aliphatic carbocycles. The van der Waals surface area contributed by atoms with Gasteiger partial charge in [0.15, 0.2) is 0 Å². The molecule has 0 radical (unpaired) electrons. The summed E-state index contributed by atoms with van der Waals surface area (Å²) in [5.41, 5.74) is 0.599. The van der Waals surface area contributed by atoms with Crippen molar-refractivity contribution in [3.8, 4) is 0 Å². The number of halogens is 3. The van der Waals surface area contributed by atoms with Crippen molar-refractivity contribution >= 4 is 77.5 Å². The van der Waals surface area contributed by atoms with Gasteiger partial charge in [-0.15, -0.1) is 11.3 Å². The normalized spacial score (nSPS) is 10.3. The number of amides is 1. The quantitative estimate of drug-likeness (QED) is 0.633. The van der Waals surface area contributed by atoms with Crippen molar-refractivity contribution < 1.29 is 4.79 Å². The minimum atomic E-state index is -0.174. The van der Waals surface area contributed by atoms with E-state index in [9.17, 15) is 4.79 Å². The van der Waals surface area contributed by atoms with Crippen LogP contribution in [0.15, 0.2) is 32.0 Å². The van der Waals surface area contributed by atoms with E-state index in [0.29, 0.717) is 11.4 Å². The summed E-state index contributed by atoms with van der Waals surface area (Å²) < 4.78 is 2.73. The van der Waals surface area contributed by atoms with Crippen LogP contribution in [-0.4, -0.2) is 10.9 Å². The highest BCUT2D eigenvalue weighted by atomic mass is 127. The van der Waals surface area contributed by atoms with Gasteiger partial charge < -0.3 is 5.32 Å². The molecule has 0 aliphatic rings. The first-order chi connectivity index (χ1) is 8.06. The fourth-order valence-electron chi connectivity index (χ4n) is 1.13. The van der Waals surface area contributed by atoms with Gasteiger partial charge in [-0.25, -0.2) is 4.98 Å². The lowest BCUT2D eigenvalue weighted by molar-refractivity contribution is 0.102. The number of nitrogens with zero attached hydrogens (tertiary/aromatic N) is 1. The van der Waals surface area contributed by atoms with Crippen molar-refractivity contribution in [2.24, 2.45) is 0 Å². The van der Waals surface area contributed by atoms with Gasteiger partial charge >= 0.3 is 0 Å². The summed E-state index contributed by atoms with van der Waals surface area (Å²) in [6, 6.07) is 5.44. The predicted molar refractivity (Wildman–Crippen MR) is 84.6 cm³/mol. The van der Waals surface area contributed by atoms with Crippen LogP contribution in [0, 0.1) is 3.57 Å². The maximum absolute atomic E-state index is 11.9. The first-order valence-electron chi connectivity index (χ1n) is 4.44. The Bertz CT molecular complexity index is 556. The molecule has 88 valence electrons. The van der Waals surface area contributed by atoms with Gasteiger partial charge in [0.2, 0.25) is 0 Å². The molecule has 1 amide bonds. The van der Waals surface area contributed by atoms with E-state index >= 15 is 0 Å². The average molecular weight is 488 g/mol. The summed E-state index contributed by atoms with van der Waals surface area (Å²) >= 11 is 10.3. The van der Waals surface area contributed by atoms with Gasteiger partial charge in [0.1, 0.15) is 5.82 Å². The summed E-state index contributed by atoms with van der Waals surface area (Å²) in [5.74, 6) is 0.372. The highest BCUT2D eigenvalue weighted by Gasteiger charge is 2.14. The van der Waals surface area contributed by atoms with E-state index < -0.39 is 0 Å². The Morgan fingerprint density at radius 1 is 1.41 bits per heavy atom. The Kier molecular flexibility index (Phi) is 4.56. The number of carbonyl (C=O) groups is 1. The number of pyridine rings is 1. The van der Waals surface area contributed by atoms with E-state index in [1.54, 1.807) is 18.3 Å². The lowest BCUT2D eigenvalue weighted by Gasteiger charge is -2.02. The number of hydrogen-bond donors (Lipinski definition) is 1. The van der Waals surface area contributed by atoms with Gasteiger partial charge in [0.25, 0.3) is 5.91 Å². The minimum Gasteiger partial charge on any atom is -0.307 e. The number of anilines is 1. The minimum absolute atomic E-state index is 0.174. The number of thiophene rings is 1. The Morgan fingerprint density at radius 3 is 2.71 bits per heavy atom. The van der Waals surface area contributed by atoms with Gasteiger partial charge in [-0.3, -0.25) is 4.79 Å². The molecule has 0 spiro atoms. The van der Waals surface area contributed by atoms with E-state index in [4.69, 9.17) is 0 Å². The first kappa shape index (κ1) is 13.4. The molecule has 2 aromatic heterocycles. The van der Waals surface area contributed by atoms with Crippen LogP contribution in [0.2, 0.25) is 0 Å². The molecule has 3 nitrogen and oxygen atoms in total. The van der Waals surface area contributed by atoms with Crippen molar-refractivity contribution in [3.05, 3.63) is 41.1 Å². The fraction of sp³-hybridized carbons (Fsp3) is 0. The standard InChI is InChI=1S/C10H5Br2IN2OS/c11-7-3-6(9(12)17-7)10(16)15-8-2-1-5(13)4-14-8/h1-4H,(H,14,15,16). The van der Waals surface area contributed by atoms with Crippen LogP contribution in [0.25, 0.3) is 0 Å². The summed E-state index contributed by atoms with van der Waals surface area (Å²) in [7, 11) is 0. The zero-order valence-corrected chi connectivity index (χ0v) is 14.4. The van der Waals surface area contributed by atoms with Gasteiger partial charge in [-0.05, 0) is 72.6 Å². The van der Waals surface area contributed by atoms with E-state index in [-0.39, 0.29) is 5.91 Å². The molecular formula is C10H5Br2IN2OS. The first-order valence-corrected chi connectivity index (χ1v) is 7.92. The number of carbonyl (C=O) groups excluding carboxylic acids is 1. The number of hydrogen-bond acceptors (Lipinski definition) is 3. The van der Waals surface area contributed by atoms with Crippen molar-refractivity contribution in [2.45, 2.75) is 0 Å². The molecule has 0 bridgehead atoms. The lowest BCUT2D eigenvalue weighted by Crippen LogP contribution is -2.12. The molecule has 2 aromatic rings. The van der Waals surface area contributed by atoms with Crippen LogP contribution in [0.5, 0.6) is 0 Å². The third kappa shape index (κ3) is 3.49. The van der Waals surface area contributed by atoms with Crippen molar-refractivity contribution in [3.63, 3.8) is 0 Å². The van der Waals surface area contributed by atoms with Gasteiger partial charge in [0.05, 0.1) is 13.1 Å². The molecule has 0 aliphatic heterocycles. The van der Waals surface area contributed by atoms with Gasteiger partial charge in [0, 0.05) is 9.77 Å². The van der Waals surface area contributed by atoms with Crippen LogP contribution >= 0.6 is 65.8 Å². The largest absolute Gasteiger partial charge is 0.307 e. The summed E-state index contributed by atoms with van der Waals surface area (Å²) in [6.07, 6.45) is 1.70. The Balaban J connectivity index is 2.17. The van der Waals surface area contributed by atoms with Crippen LogP contribution in [-0.2, 0) is 0 Å². The van der Waals surface area contributed by atoms with E-state index in [1.165, 1.54) is 11.3 Å². The predicted octanol–water partition coefficient (Wildman–Crippen LogP) is 4.53. The molecule has 17 heavy (non-hydrogen) atoms. The molecule has 7 heteroatoms. The number of rotatable bonds is 2. The second kappa shape index (κ2) is 5.77. The molecule has 0 saturated carbocycles. The van der Waals surface area contributed by atoms with Crippen molar-refractivity contribution in [1.82, 2.24) is 4.98 Å². The molecule has 0 atom stereocenters. The van der Waals surface area contributed by atoms with Crippen molar-refractivity contribution in [2.75, 3.05) is 5.32 Å². The molecule has 2 rings (SSSR count). The second-order valence-corrected chi connectivity index (χ2v) is 8.05. The smallest absolute Gasteiger partial charge is 0.258 e. The Morgan fingerprint density at radius 2 is 2.18 bits per heavy atom. The van der Waals surface area contributed by atoms with Gasteiger partial charge in [-0.2, -0.15) is 0 Å². The zero-order valence-electron chi connectivity index (χ0n) is 8.21. The van der Waals surface area contributed by atoms with E-state index in [0.717, 1.165) is 11.1 Å². The summed E-state index contributed by atoms with van der Waals surface area (Å²) in [5, 5.41) is 2.74. The SMILES string of the molecule is O=C(Nc1ccc(I)cn1)c1cc(Br)sc1Br. The van der Waals surface area contributed by atoms with Crippen LogP contribution in [0.1, 0.15) is 10.4 Å². The maximum atomic E-state index is 11.9. The summed E-state index contributed by atoms with van der Waals surface area (Å²) in [4.78, 5) is 16.1. The van der Waals surface area contributed by atoms with Crippen molar-refractivity contribution in [1.29, 1.82) is 0 Å². The zero-order chi connectivity index (χ0) is 12.4. The fourth-order valence-corrected chi connectivity index (χ4v) is 4.24. The van der Waals surface area contributed by atoms with Gasteiger partial charge in [-0.1, -0.05) is 0 Å². The average Bonchev–Trinajstić information content (AvgIpc) is 2.61. The summed E-state index contributed by atoms with van der Waals surface area (Å²) in [6.45, 7) is 0. The second-order valence-electron chi connectivity index (χ2n) is 3.05. The number of aromatic nitrogens is 1. The molecule has 0 fully saturated rings. The Labute approximate surface area is 132 Å². The third-order valence-electron chi connectivity index (χ3n) is 1.87. The molecule has 0 unspecified atom stereocenters. The molecule has 0 aromatic carbocycles. The Hall–Kier alpha value is 0.01000. The van der Waals surface area contributed by atoms with Crippen LogP contribution in [0.4, 0.5) is 5.82 Å². The van der Waals surface area contributed by atoms with Crippen LogP contribution < -0.4 is 5.32 Å².